The molecule has 1 heterocycles. The van der Waals surface area contributed by atoms with E-state index in [0.717, 1.165) is 46.5 Å². The summed E-state index contributed by atoms with van der Waals surface area (Å²) in [7, 11) is 2.80. The first-order valence-electron chi connectivity index (χ1n) is 11.0. The van der Waals surface area contributed by atoms with Crippen molar-refractivity contribution in [2.45, 2.75) is 53.9 Å². The molecule has 5 heteroatoms. The van der Waals surface area contributed by atoms with E-state index in [1.165, 1.54) is 12.8 Å². The third-order valence-corrected chi connectivity index (χ3v) is 4.93. The summed E-state index contributed by atoms with van der Waals surface area (Å²) in [5, 5.41) is 11.9. The molecular formula is C27H41N3O2. The Bertz CT molecular complexity index is 1080. The highest BCUT2D eigenvalue weighted by molar-refractivity contribution is 5.71. The van der Waals surface area contributed by atoms with Crippen molar-refractivity contribution >= 4 is 17.8 Å². The summed E-state index contributed by atoms with van der Waals surface area (Å²) in [5.41, 5.74) is 9.94. The van der Waals surface area contributed by atoms with Crippen LogP contribution < -0.4 is 27.2 Å². The number of unbranched alkanes of at least 4 members (excludes halogenated alkanes) is 1. The van der Waals surface area contributed by atoms with E-state index in [1.54, 1.807) is 11.6 Å². The largest absolute Gasteiger partial charge is 0.400 e. The number of aromatic nitrogens is 1. The average molecular weight is 440 g/mol. The molecule has 5 nitrogen and oxygen atoms in total. The van der Waals surface area contributed by atoms with Crippen molar-refractivity contribution < 1.29 is 5.11 Å². The Kier molecular flexibility index (Phi) is 13.5. The van der Waals surface area contributed by atoms with E-state index in [2.05, 4.69) is 32.3 Å². The lowest BCUT2D eigenvalue weighted by atomic mass is 10.00. The fourth-order valence-corrected chi connectivity index (χ4v) is 2.85. The zero-order valence-corrected chi connectivity index (χ0v) is 20.9. The lowest BCUT2D eigenvalue weighted by molar-refractivity contribution is 0.399. The highest BCUT2D eigenvalue weighted by Crippen LogP contribution is 2.23. The van der Waals surface area contributed by atoms with Gasteiger partial charge in [0, 0.05) is 25.4 Å². The van der Waals surface area contributed by atoms with Crippen LogP contribution in [0, 0.1) is 6.92 Å². The second kappa shape index (κ2) is 14.9. The second-order valence-electron chi connectivity index (χ2n) is 7.39. The van der Waals surface area contributed by atoms with Gasteiger partial charge in [0.15, 0.2) is 0 Å². The maximum Gasteiger partial charge on any atom is 0.258 e. The minimum absolute atomic E-state index is 0.0439. The van der Waals surface area contributed by atoms with Crippen LogP contribution in [0.25, 0.3) is 23.3 Å². The number of benzene rings is 1. The van der Waals surface area contributed by atoms with Crippen molar-refractivity contribution in [3.8, 4) is 11.1 Å². The summed E-state index contributed by atoms with van der Waals surface area (Å²) in [6.07, 6.45) is 7.47. The second-order valence-corrected chi connectivity index (χ2v) is 7.39. The van der Waals surface area contributed by atoms with Gasteiger partial charge in [-0.25, -0.2) is 0 Å². The van der Waals surface area contributed by atoms with Gasteiger partial charge in [-0.1, -0.05) is 64.5 Å². The molecule has 4 N–H and O–H groups in total. The van der Waals surface area contributed by atoms with Crippen molar-refractivity contribution in [3.05, 3.63) is 75.3 Å². The minimum atomic E-state index is -0.0439. The summed E-state index contributed by atoms with van der Waals surface area (Å²) in [6, 6.07) is 7.76. The van der Waals surface area contributed by atoms with Crippen molar-refractivity contribution in [2.24, 2.45) is 12.8 Å². The summed E-state index contributed by atoms with van der Waals surface area (Å²) in [6.45, 7) is 18.1. The SMILES string of the molecule is C=C(/C=c1\c(=C/C)cc(-c2cc(NC(=C)N)ccc2C)c(=O)n1C)CC.CCCC.CO. The van der Waals surface area contributed by atoms with Crippen LogP contribution in [-0.4, -0.2) is 16.8 Å². The maximum absolute atomic E-state index is 13.1. The maximum atomic E-state index is 13.1. The molecule has 0 saturated heterocycles. The van der Waals surface area contributed by atoms with Gasteiger partial charge in [0.1, 0.15) is 0 Å². The van der Waals surface area contributed by atoms with Crippen LogP contribution in [0.5, 0.6) is 0 Å². The van der Waals surface area contributed by atoms with Gasteiger partial charge in [-0.05, 0) is 60.9 Å². The summed E-state index contributed by atoms with van der Waals surface area (Å²) in [5.74, 6) is 0.360. The van der Waals surface area contributed by atoms with Crippen molar-refractivity contribution in [3.63, 3.8) is 0 Å². The third-order valence-electron chi connectivity index (χ3n) is 4.93. The van der Waals surface area contributed by atoms with Gasteiger partial charge in [-0.2, -0.15) is 0 Å². The molecule has 2 rings (SSSR count). The van der Waals surface area contributed by atoms with Crippen molar-refractivity contribution in [1.29, 1.82) is 0 Å². The molecule has 0 bridgehead atoms. The van der Waals surface area contributed by atoms with Gasteiger partial charge in [0.05, 0.1) is 11.2 Å². The van der Waals surface area contributed by atoms with Crippen LogP contribution in [0.4, 0.5) is 5.69 Å². The van der Waals surface area contributed by atoms with Crippen LogP contribution in [-0.2, 0) is 7.05 Å². The number of anilines is 1. The Balaban J connectivity index is 0.00000144. The lowest BCUT2D eigenvalue weighted by Gasteiger charge is -2.12. The summed E-state index contributed by atoms with van der Waals surface area (Å²) < 4.78 is 1.69. The fourth-order valence-electron chi connectivity index (χ4n) is 2.85. The first-order chi connectivity index (χ1) is 15.2. The Hall–Kier alpha value is -3.05. The van der Waals surface area contributed by atoms with Gasteiger partial charge < -0.3 is 20.7 Å². The smallest absolute Gasteiger partial charge is 0.258 e. The van der Waals surface area contributed by atoms with Gasteiger partial charge in [0.25, 0.3) is 5.56 Å². The first-order valence-corrected chi connectivity index (χ1v) is 11.0. The lowest BCUT2D eigenvalue weighted by Crippen LogP contribution is -2.42. The predicted octanol–water partition coefficient (Wildman–Crippen LogP) is 4.16. The van der Waals surface area contributed by atoms with Crippen LogP contribution in [0.15, 0.2) is 53.6 Å². The van der Waals surface area contributed by atoms with Crippen LogP contribution in [0.3, 0.4) is 0 Å². The Morgan fingerprint density at radius 3 is 2.19 bits per heavy atom. The van der Waals surface area contributed by atoms with E-state index in [1.807, 2.05) is 57.2 Å². The van der Waals surface area contributed by atoms with Gasteiger partial charge >= 0.3 is 0 Å². The van der Waals surface area contributed by atoms with Gasteiger partial charge in [-0.15, -0.1) is 0 Å². The number of aryl methyl sites for hydroxylation is 1. The van der Waals surface area contributed by atoms with Gasteiger partial charge in [0.2, 0.25) is 0 Å². The molecule has 0 saturated carbocycles. The van der Waals surface area contributed by atoms with E-state index < -0.39 is 0 Å². The number of nitrogens with zero attached hydrogens (tertiary/aromatic N) is 1. The molecule has 176 valence electrons. The Morgan fingerprint density at radius 2 is 1.72 bits per heavy atom. The Labute approximate surface area is 193 Å². The number of aliphatic hydroxyl groups excluding tert-OH is 1. The molecule has 0 aliphatic heterocycles. The highest BCUT2D eigenvalue weighted by Gasteiger charge is 2.11. The van der Waals surface area contributed by atoms with E-state index in [-0.39, 0.29) is 5.56 Å². The van der Waals surface area contributed by atoms with Crippen molar-refractivity contribution in [1.82, 2.24) is 4.57 Å². The molecule has 1 aromatic heterocycles. The molecule has 0 amide bonds. The molecule has 0 radical (unpaired) electrons. The molecular weight excluding hydrogens is 398 g/mol. The fraction of sp³-hybridized carbons (Fsp3) is 0.370. The molecule has 0 spiro atoms. The topological polar surface area (TPSA) is 80.3 Å². The number of rotatable bonds is 6. The van der Waals surface area contributed by atoms with Crippen LogP contribution in [0.2, 0.25) is 0 Å². The van der Waals surface area contributed by atoms with E-state index in [4.69, 9.17) is 10.8 Å². The van der Waals surface area contributed by atoms with E-state index in [0.29, 0.717) is 11.4 Å². The minimum Gasteiger partial charge on any atom is -0.400 e. The summed E-state index contributed by atoms with van der Waals surface area (Å²) in [4.78, 5) is 13.1. The molecule has 0 aliphatic carbocycles. The average Bonchev–Trinajstić information content (AvgIpc) is 2.79. The predicted molar refractivity (Wildman–Crippen MR) is 141 cm³/mol. The number of nitrogens with one attached hydrogen (secondary N) is 1. The first kappa shape index (κ1) is 28.9. The normalized spacial score (nSPS) is 11.1. The Morgan fingerprint density at radius 1 is 1.12 bits per heavy atom. The zero-order valence-electron chi connectivity index (χ0n) is 20.9. The van der Waals surface area contributed by atoms with E-state index >= 15 is 0 Å². The molecule has 0 unspecified atom stereocenters. The highest BCUT2D eigenvalue weighted by atomic mass is 16.2. The van der Waals surface area contributed by atoms with Crippen LogP contribution in [0.1, 0.15) is 52.5 Å². The standard InChI is InChI=1S/C22H27N3O.C4H10.CH4O/c1-7-14(3)11-21-17(8-2)12-20(22(26)25(21)6)19-13-18(24-16(5)23)10-9-15(19)4;1-3-4-2;1-2/h8-13,24H,3,5,7,23H2,1-2,4,6H3;3-4H2,1-2H3;2H,1H3/b17-8-,21-11+;;. The zero-order chi connectivity index (χ0) is 24.8. The number of hydrogen-bond donors (Lipinski definition) is 3. The third kappa shape index (κ3) is 8.23. The molecule has 0 atom stereocenters. The number of pyridine rings is 1. The molecule has 0 aliphatic rings. The number of nitrogens with two attached hydrogens (primary N) is 1. The molecule has 1 aromatic carbocycles. The van der Waals surface area contributed by atoms with E-state index in [9.17, 15) is 4.79 Å². The quantitative estimate of drug-likeness (QED) is 0.631. The summed E-state index contributed by atoms with van der Waals surface area (Å²) >= 11 is 0. The van der Waals surface area contributed by atoms with Crippen LogP contribution >= 0.6 is 0 Å². The molecule has 0 fully saturated rings. The van der Waals surface area contributed by atoms with Crippen molar-refractivity contribution in [2.75, 3.05) is 12.4 Å². The monoisotopic (exact) mass is 439 g/mol. The number of hydrogen-bond acceptors (Lipinski definition) is 4. The molecule has 2 aromatic rings. The number of aliphatic hydroxyl groups is 1. The number of allylic oxidation sites excluding steroid dienone is 1. The van der Waals surface area contributed by atoms with Gasteiger partial charge in [-0.3, -0.25) is 4.79 Å². The molecule has 32 heavy (non-hydrogen) atoms.